The lowest BCUT2D eigenvalue weighted by Crippen LogP contribution is -2.64. The Morgan fingerprint density at radius 1 is 0.909 bits per heavy atom. The summed E-state index contributed by atoms with van der Waals surface area (Å²) in [4.78, 5) is 45.4. The molecule has 5 aliphatic carbocycles. The fraction of sp³-hybridized carbons (Fsp3) is 0.917. The molecule has 0 bridgehead atoms. The molecule has 0 heterocycles. The molecule has 0 aromatic carbocycles. The van der Waals surface area contributed by atoms with E-state index < -0.39 is 67.4 Å². The topological polar surface area (TPSA) is 146 Å². The molecule has 5 saturated carbocycles. The van der Waals surface area contributed by atoms with Gasteiger partial charge in [0, 0.05) is 16.8 Å². The van der Waals surface area contributed by atoms with Crippen LogP contribution in [0.25, 0.3) is 0 Å². The maximum absolute atomic E-state index is 12.5. The highest BCUT2D eigenvalue weighted by Gasteiger charge is 3.01. The summed E-state index contributed by atoms with van der Waals surface area (Å²) < 4.78 is 0. The van der Waals surface area contributed by atoms with Gasteiger partial charge >= 0.3 is 5.66 Å². The van der Waals surface area contributed by atoms with Gasteiger partial charge in [-0.25, -0.2) is 0 Å². The molecule has 0 saturated heterocycles. The van der Waals surface area contributed by atoms with Crippen molar-refractivity contribution >= 4 is 5.78 Å². The van der Waals surface area contributed by atoms with Crippen molar-refractivity contribution in [1.82, 2.24) is 0 Å². The van der Waals surface area contributed by atoms with Gasteiger partial charge in [-0.1, -0.05) is 0 Å². The number of ketones is 1. The molecule has 0 spiro atoms. The number of rotatable bonds is 3. The van der Waals surface area contributed by atoms with Crippen molar-refractivity contribution in [3.8, 4) is 0 Å². The van der Waals surface area contributed by atoms with E-state index >= 15 is 0 Å². The van der Waals surface area contributed by atoms with E-state index in [2.05, 4.69) is 0 Å². The molecule has 0 amide bonds. The highest BCUT2D eigenvalue weighted by molar-refractivity contribution is 5.90. The number of carbonyl (C=O) groups is 1. The third-order valence-electron chi connectivity index (χ3n) is 7.49. The normalized spacial score (nSPS) is 54.4. The predicted octanol–water partition coefficient (Wildman–Crippen LogP) is -0.0177. The summed E-state index contributed by atoms with van der Waals surface area (Å²) in [5.74, 6) is -5.11. The van der Waals surface area contributed by atoms with Crippen LogP contribution in [0.15, 0.2) is 0 Å². The van der Waals surface area contributed by atoms with Crippen molar-refractivity contribution in [1.29, 1.82) is 0 Å². The quantitative estimate of drug-likeness (QED) is 0.404. The van der Waals surface area contributed by atoms with Crippen LogP contribution in [0.2, 0.25) is 0 Å². The lowest BCUT2D eigenvalue weighted by molar-refractivity contribution is -0.813. The second-order valence-corrected chi connectivity index (χ2v) is 7.32. The minimum atomic E-state index is -2.34. The molecule has 0 N–H and O–H groups in total. The highest BCUT2D eigenvalue weighted by Crippen LogP contribution is 2.83. The van der Waals surface area contributed by atoms with Gasteiger partial charge in [-0.2, -0.15) is 0 Å². The van der Waals surface area contributed by atoms with Crippen LogP contribution in [-0.2, 0) is 4.79 Å². The Kier molecular flexibility index (Phi) is 1.69. The molecular formula is C12H11N3O7. The second kappa shape index (κ2) is 2.99. The first-order valence-electron chi connectivity index (χ1n) is 7.29. The number of nitrogens with zero attached hydrogens (tertiary/aromatic N) is 3. The standard InChI is InChI=1S/C12H11N3O7/c16-10-3-1-4-7-8(3)11(13(17)18)6(10)2-5(9(7)11)12(4,14(19)20)15(21)22/h3-9H,1-2H2. The first-order chi connectivity index (χ1) is 10.3. The zero-order chi connectivity index (χ0) is 15.8. The van der Waals surface area contributed by atoms with E-state index in [1.165, 1.54) is 0 Å². The molecule has 5 aliphatic rings. The van der Waals surface area contributed by atoms with E-state index in [-0.39, 0.29) is 18.6 Å². The summed E-state index contributed by atoms with van der Waals surface area (Å²) in [5.41, 5.74) is -3.80. The Bertz CT molecular complexity index is 693. The van der Waals surface area contributed by atoms with Gasteiger partial charge < -0.3 is 0 Å². The Morgan fingerprint density at radius 2 is 1.55 bits per heavy atom. The second-order valence-electron chi connectivity index (χ2n) is 7.32. The Labute approximate surface area is 122 Å². The van der Waals surface area contributed by atoms with Gasteiger partial charge in [0.25, 0.3) is 0 Å². The van der Waals surface area contributed by atoms with Gasteiger partial charge in [-0.15, -0.1) is 0 Å². The highest BCUT2D eigenvalue weighted by atomic mass is 16.7. The maximum atomic E-state index is 12.5. The first kappa shape index (κ1) is 12.4. The molecule has 10 nitrogen and oxygen atoms in total. The largest absolute Gasteiger partial charge is 0.464 e. The molecular weight excluding hydrogens is 298 g/mol. The fourth-order valence-corrected chi connectivity index (χ4v) is 7.30. The van der Waals surface area contributed by atoms with Gasteiger partial charge in [0.15, 0.2) is 0 Å². The minimum absolute atomic E-state index is 0.0647. The van der Waals surface area contributed by atoms with Crippen LogP contribution in [0, 0.1) is 71.8 Å². The summed E-state index contributed by atoms with van der Waals surface area (Å²) >= 11 is 0. The third-order valence-corrected chi connectivity index (χ3v) is 7.49. The number of hydrogen-bond donors (Lipinski definition) is 0. The first-order valence-corrected chi connectivity index (χ1v) is 7.29. The predicted molar refractivity (Wildman–Crippen MR) is 65.1 cm³/mol. The summed E-state index contributed by atoms with van der Waals surface area (Å²) in [5, 5.41) is 35.0. The number of carbonyl (C=O) groups excluding carboxylic acids is 1. The van der Waals surface area contributed by atoms with Crippen molar-refractivity contribution in [3.63, 3.8) is 0 Å². The van der Waals surface area contributed by atoms with E-state index in [0.717, 1.165) is 0 Å². The van der Waals surface area contributed by atoms with Gasteiger partial charge in [-0.3, -0.25) is 35.1 Å². The van der Waals surface area contributed by atoms with E-state index in [4.69, 9.17) is 0 Å². The molecule has 0 aromatic heterocycles. The van der Waals surface area contributed by atoms with E-state index in [1.54, 1.807) is 0 Å². The van der Waals surface area contributed by atoms with Gasteiger partial charge in [0.1, 0.15) is 17.6 Å². The maximum Gasteiger partial charge on any atom is 0.464 e. The molecule has 0 radical (unpaired) electrons. The van der Waals surface area contributed by atoms with Crippen LogP contribution in [0.1, 0.15) is 12.8 Å². The summed E-state index contributed by atoms with van der Waals surface area (Å²) in [6.45, 7) is 0. The van der Waals surface area contributed by atoms with Crippen molar-refractivity contribution in [2.45, 2.75) is 24.0 Å². The van der Waals surface area contributed by atoms with Crippen LogP contribution in [0.5, 0.6) is 0 Å². The average Bonchev–Trinajstić information content (AvgIpc) is 2.96. The zero-order valence-electron chi connectivity index (χ0n) is 11.2. The molecule has 10 heteroatoms. The lowest BCUT2D eigenvalue weighted by atomic mass is 9.54. The summed E-state index contributed by atoms with van der Waals surface area (Å²) in [7, 11) is 0. The molecule has 5 fully saturated rings. The van der Waals surface area contributed by atoms with Crippen LogP contribution in [0.4, 0.5) is 0 Å². The van der Waals surface area contributed by atoms with E-state index in [0.29, 0.717) is 0 Å². The van der Waals surface area contributed by atoms with Gasteiger partial charge in [0.05, 0.1) is 21.7 Å². The monoisotopic (exact) mass is 309 g/mol. The number of nitro groups is 3. The van der Waals surface area contributed by atoms with Crippen LogP contribution < -0.4 is 0 Å². The van der Waals surface area contributed by atoms with Gasteiger partial charge in [0.2, 0.25) is 5.54 Å². The Balaban J connectivity index is 1.80. The van der Waals surface area contributed by atoms with Gasteiger partial charge in [-0.05, 0) is 18.8 Å². The molecule has 22 heavy (non-hydrogen) atoms. The van der Waals surface area contributed by atoms with Crippen LogP contribution in [-0.4, -0.2) is 31.8 Å². The molecule has 0 aromatic rings. The number of Topliss-reactive ketones (excluding diaryl/α,β-unsaturated/α-hetero) is 1. The smallest absolute Gasteiger partial charge is 0.299 e. The molecule has 0 aliphatic heterocycles. The Hall–Kier alpha value is -2.13. The zero-order valence-corrected chi connectivity index (χ0v) is 11.2. The summed E-state index contributed by atoms with van der Waals surface area (Å²) in [6.07, 6.45) is -0.0122. The van der Waals surface area contributed by atoms with Crippen molar-refractivity contribution in [3.05, 3.63) is 30.3 Å². The lowest BCUT2D eigenvalue weighted by Gasteiger charge is -2.46. The summed E-state index contributed by atoms with van der Waals surface area (Å²) in [6, 6.07) is 0. The molecule has 8 atom stereocenters. The van der Waals surface area contributed by atoms with Crippen LogP contribution >= 0.6 is 0 Å². The number of hydrogen-bond acceptors (Lipinski definition) is 7. The van der Waals surface area contributed by atoms with Crippen molar-refractivity contribution in [2.75, 3.05) is 0 Å². The van der Waals surface area contributed by atoms with E-state index in [9.17, 15) is 35.1 Å². The fourth-order valence-electron chi connectivity index (χ4n) is 7.30. The van der Waals surface area contributed by atoms with Crippen LogP contribution in [0.3, 0.4) is 0 Å². The van der Waals surface area contributed by atoms with Crippen molar-refractivity contribution < 1.29 is 19.6 Å². The van der Waals surface area contributed by atoms with Crippen molar-refractivity contribution in [2.24, 2.45) is 41.4 Å². The molecule has 5 rings (SSSR count). The average molecular weight is 309 g/mol. The van der Waals surface area contributed by atoms with E-state index in [1.807, 2.05) is 0 Å². The SMILES string of the molecule is O=C1C2CC3C4C2C2([N+](=O)[O-])C1CC(C42)C3([N+](=O)[O-])[N+](=O)[O-]. The Morgan fingerprint density at radius 3 is 2.09 bits per heavy atom. The molecule has 8 unspecified atom stereocenters. The minimum Gasteiger partial charge on any atom is -0.299 e. The molecule has 116 valence electrons. The third kappa shape index (κ3) is 0.759.